The molecule has 4 nitrogen and oxygen atoms in total. The van der Waals surface area contributed by atoms with Crippen LogP contribution in [-0.4, -0.2) is 23.7 Å². The summed E-state index contributed by atoms with van der Waals surface area (Å²) in [6.07, 6.45) is 0.570. The fraction of sp³-hybridized carbons (Fsp3) is 0.273. The number of ether oxygens (including phenoxy) is 1. The third-order valence-electron chi connectivity index (χ3n) is 2.12. The van der Waals surface area contributed by atoms with Crippen molar-refractivity contribution in [2.24, 2.45) is 0 Å². The van der Waals surface area contributed by atoms with Crippen molar-refractivity contribution in [3.8, 4) is 0 Å². The zero-order valence-electron chi connectivity index (χ0n) is 9.60. The van der Waals surface area contributed by atoms with Crippen LogP contribution in [0.2, 0.25) is 20.1 Å². The molecule has 0 bridgehead atoms. The van der Waals surface area contributed by atoms with E-state index in [1.54, 1.807) is 6.92 Å². The molecule has 0 aliphatic heterocycles. The fourth-order valence-corrected chi connectivity index (χ4v) is 2.30. The number of aromatic carboxylic acids is 1. The van der Waals surface area contributed by atoms with E-state index in [0.29, 0.717) is 6.42 Å². The molecule has 1 rings (SSSR count). The van der Waals surface area contributed by atoms with Crippen LogP contribution in [0.5, 0.6) is 0 Å². The van der Waals surface area contributed by atoms with Crippen LogP contribution in [0.1, 0.15) is 34.1 Å². The highest BCUT2D eigenvalue weighted by Gasteiger charge is 2.29. The Morgan fingerprint density at radius 2 is 1.47 bits per heavy atom. The average Bonchev–Trinajstić information content (AvgIpc) is 2.36. The van der Waals surface area contributed by atoms with Crippen LogP contribution in [0.25, 0.3) is 0 Å². The van der Waals surface area contributed by atoms with Crippen molar-refractivity contribution >= 4 is 58.3 Å². The van der Waals surface area contributed by atoms with Gasteiger partial charge in [-0.15, -0.1) is 0 Å². The quantitative estimate of drug-likeness (QED) is 0.493. The van der Waals surface area contributed by atoms with Gasteiger partial charge in [0.1, 0.15) is 0 Å². The maximum absolute atomic E-state index is 11.8. The Balaban J connectivity index is 3.52. The van der Waals surface area contributed by atoms with Gasteiger partial charge in [0, 0.05) is 0 Å². The summed E-state index contributed by atoms with van der Waals surface area (Å²) in [6, 6.07) is 0. The van der Waals surface area contributed by atoms with E-state index in [-0.39, 0.29) is 26.7 Å². The molecule has 0 unspecified atom stereocenters. The maximum Gasteiger partial charge on any atom is 0.340 e. The number of benzene rings is 1. The minimum Gasteiger partial charge on any atom is -0.478 e. The molecule has 0 radical (unpaired) electrons. The number of esters is 1. The lowest BCUT2D eigenvalue weighted by Gasteiger charge is -2.13. The Labute approximate surface area is 129 Å². The lowest BCUT2D eigenvalue weighted by Crippen LogP contribution is -2.14. The number of hydrogen-bond donors (Lipinski definition) is 1. The molecule has 0 fully saturated rings. The van der Waals surface area contributed by atoms with E-state index in [1.807, 2.05) is 0 Å². The summed E-state index contributed by atoms with van der Waals surface area (Å²) >= 11 is 23.2. The molecule has 104 valence electrons. The van der Waals surface area contributed by atoms with E-state index in [4.69, 9.17) is 56.2 Å². The zero-order chi connectivity index (χ0) is 14.7. The first-order valence-electron chi connectivity index (χ1n) is 5.09. The van der Waals surface area contributed by atoms with Gasteiger partial charge in [-0.25, -0.2) is 9.59 Å². The molecule has 0 saturated heterocycles. The summed E-state index contributed by atoms with van der Waals surface area (Å²) in [5.74, 6) is -2.36. The molecule has 0 heterocycles. The van der Waals surface area contributed by atoms with Gasteiger partial charge in [0.25, 0.3) is 0 Å². The normalized spacial score (nSPS) is 10.4. The molecule has 1 aromatic carbocycles. The van der Waals surface area contributed by atoms with Crippen LogP contribution < -0.4 is 0 Å². The van der Waals surface area contributed by atoms with E-state index in [2.05, 4.69) is 0 Å². The minimum absolute atomic E-state index is 0.117. The number of carbonyl (C=O) groups is 2. The molecule has 1 aromatic rings. The summed E-state index contributed by atoms with van der Waals surface area (Å²) in [5.41, 5.74) is -0.927. The van der Waals surface area contributed by atoms with Crippen molar-refractivity contribution < 1.29 is 19.4 Å². The Kier molecular flexibility index (Phi) is 5.74. The van der Waals surface area contributed by atoms with Gasteiger partial charge in [-0.1, -0.05) is 53.3 Å². The number of hydrogen-bond acceptors (Lipinski definition) is 3. The number of rotatable bonds is 4. The van der Waals surface area contributed by atoms with Gasteiger partial charge in [0.15, 0.2) is 0 Å². The first-order valence-corrected chi connectivity index (χ1v) is 6.60. The predicted octanol–water partition coefficient (Wildman–Crippen LogP) is 4.57. The number of halogens is 4. The van der Waals surface area contributed by atoms with Crippen molar-refractivity contribution in [1.82, 2.24) is 0 Å². The minimum atomic E-state index is -1.45. The third kappa shape index (κ3) is 3.26. The Bertz CT molecular complexity index is 542. The van der Waals surface area contributed by atoms with Gasteiger partial charge in [0.05, 0.1) is 37.8 Å². The average molecular weight is 346 g/mol. The smallest absolute Gasteiger partial charge is 0.340 e. The first-order chi connectivity index (χ1) is 8.82. The molecule has 0 aliphatic carbocycles. The lowest BCUT2D eigenvalue weighted by molar-refractivity contribution is 0.0495. The summed E-state index contributed by atoms with van der Waals surface area (Å²) in [4.78, 5) is 23.0. The highest BCUT2D eigenvalue weighted by molar-refractivity contribution is 6.54. The number of carboxylic acid groups (broad SMARTS) is 1. The molecule has 0 saturated carbocycles. The Morgan fingerprint density at radius 3 is 1.89 bits per heavy atom. The summed E-state index contributed by atoms with van der Waals surface area (Å²) in [7, 11) is 0. The van der Waals surface area contributed by atoms with E-state index in [9.17, 15) is 9.59 Å². The topological polar surface area (TPSA) is 63.6 Å². The second-order valence-corrected chi connectivity index (χ2v) is 4.96. The highest BCUT2D eigenvalue weighted by Crippen LogP contribution is 2.41. The predicted molar refractivity (Wildman–Crippen MR) is 74.0 cm³/mol. The van der Waals surface area contributed by atoms with Gasteiger partial charge < -0.3 is 9.84 Å². The molecule has 0 amide bonds. The SMILES string of the molecule is CCCOC(=O)c1c(Cl)c(Cl)c(Cl)c(Cl)c1C(=O)O. The number of carbonyl (C=O) groups excluding carboxylic acids is 1. The first kappa shape index (κ1) is 16.4. The van der Waals surface area contributed by atoms with E-state index >= 15 is 0 Å². The van der Waals surface area contributed by atoms with Crippen LogP contribution in [0.4, 0.5) is 0 Å². The Morgan fingerprint density at radius 1 is 1.00 bits per heavy atom. The van der Waals surface area contributed by atoms with Crippen molar-refractivity contribution in [3.63, 3.8) is 0 Å². The van der Waals surface area contributed by atoms with Crippen molar-refractivity contribution in [3.05, 3.63) is 31.2 Å². The van der Waals surface area contributed by atoms with Crippen LogP contribution in [-0.2, 0) is 4.74 Å². The van der Waals surface area contributed by atoms with E-state index in [0.717, 1.165) is 0 Å². The lowest BCUT2D eigenvalue weighted by atomic mass is 10.1. The van der Waals surface area contributed by atoms with Gasteiger partial charge in [-0.3, -0.25) is 0 Å². The molecular weight excluding hydrogens is 338 g/mol. The molecular formula is C11H8Cl4O4. The summed E-state index contributed by atoms with van der Waals surface area (Å²) in [5, 5.41) is 8.04. The van der Waals surface area contributed by atoms with Gasteiger partial charge in [-0.2, -0.15) is 0 Å². The Hall–Kier alpha value is -0.680. The van der Waals surface area contributed by atoms with Crippen LogP contribution in [0.3, 0.4) is 0 Å². The van der Waals surface area contributed by atoms with Crippen LogP contribution in [0, 0.1) is 0 Å². The molecule has 0 aliphatic rings. The summed E-state index contributed by atoms with van der Waals surface area (Å²) in [6.45, 7) is 1.90. The standard InChI is InChI=1S/C11H8Cl4O4/c1-2-3-19-11(18)5-4(10(16)17)6(12)8(14)9(15)7(5)13/h2-3H2,1H3,(H,16,17). The third-order valence-corrected chi connectivity index (χ3v) is 3.92. The largest absolute Gasteiger partial charge is 0.478 e. The number of carboxylic acids is 1. The summed E-state index contributed by atoms with van der Waals surface area (Å²) < 4.78 is 4.85. The van der Waals surface area contributed by atoms with E-state index < -0.39 is 23.1 Å². The van der Waals surface area contributed by atoms with Gasteiger partial charge in [-0.05, 0) is 6.42 Å². The second kappa shape index (κ2) is 6.66. The molecule has 0 atom stereocenters. The fourth-order valence-electron chi connectivity index (χ4n) is 1.29. The molecule has 0 spiro atoms. The van der Waals surface area contributed by atoms with Gasteiger partial charge in [0.2, 0.25) is 0 Å². The van der Waals surface area contributed by atoms with Crippen molar-refractivity contribution in [1.29, 1.82) is 0 Å². The van der Waals surface area contributed by atoms with Gasteiger partial charge >= 0.3 is 11.9 Å². The zero-order valence-corrected chi connectivity index (χ0v) is 12.6. The monoisotopic (exact) mass is 344 g/mol. The molecule has 1 N–H and O–H groups in total. The van der Waals surface area contributed by atoms with Crippen LogP contribution in [0.15, 0.2) is 0 Å². The highest BCUT2D eigenvalue weighted by atomic mass is 35.5. The van der Waals surface area contributed by atoms with Crippen molar-refractivity contribution in [2.75, 3.05) is 6.61 Å². The molecule has 19 heavy (non-hydrogen) atoms. The molecule has 0 aromatic heterocycles. The van der Waals surface area contributed by atoms with E-state index in [1.165, 1.54) is 0 Å². The van der Waals surface area contributed by atoms with Crippen molar-refractivity contribution in [2.45, 2.75) is 13.3 Å². The maximum atomic E-state index is 11.8. The van der Waals surface area contributed by atoms with Crippen LogP contribution >= 0.6 is 46.4 Å². The second-order valence-electron chi connectivity index (χ2n) is 3.45. The molecule has 8 heteroatoms.